The zero-order valence-electron chi connectivity index (χ0n) is 16.9. The first-order chi connectivity index (χ1) is 15.0. The van der Waals surface area contributed by atoms with Gasteiger partial charge in [-0.15, -0.1) is 0 Å². The van der Waals surface area contributed by atoms with Gasteiger partial charge in [-0.1, -0.05) is 30.3 Å². The highest BCUT2D eigenvalue weighted by Gasteiger charge is 2.34. The number of nitrogens with zero attached hydrogens (tertiary/aromatic N) is 4. The highest BCUT2D eigenvalue weighted by Crippen LogP contribution is 2.36. The van der Waals surface area contributed by atoms with E-state index in [-0.39, 0.29) is 11.8 Å². The number of hydrogen-bond acceptors (Lipinski definition) is 8. The first kappa shape index (κ1) is 21.8. The molecule has 0 aliphatic carbocycles. The maximum absolute atomic E-state index is 14.1. The van der Waals surface area contributed by atoms with Crippen LogP contribution in [0.3, 0.4) is 0 Å². The van der Waals surface area contributed by atoms with Crippen LogP contribution < -0.4 is 9.80 Å². The van der Waals surface area contributed by atoms with Crippen LogP contribution in [0.25, 0.3) is 0 Å². The van der Waals surface area contributed by atoms with Crippen LogP contribution >= 0.6 is 0 Å². The Hall–Kier alpha value is -2.37. The first-order valence-electron chi connectivity index (χ1n) is 10.1. The minimum Gasteiger partial charge on any atom is -0.378 e. The predicted octanol–water partition coefficient (Wildman–Crippen LogP) is 2.06. The molecule has 2 aliphatic heterocycles. The second kappa shape index (κ2) is 9.41. The van der Waals surface area contributed by atoms with Crippen molar-refractivity contribution in [2.24, 2.45) is 0 Å². The molecule has 2 aromatic rings. The van der Waals surface area contributed by atoms with E-state index in [9.17, 15) is 17.2 Å². The van der Waals surface area contributed by atoms with Gasteiger partial charge in [-0.25, -0.2) is 22.2 Å². The molecular formula is C20H24F2N4O4S. The molecule has 8 nitrogen and oxygen atoms in total. The molecule has 0 bridgehead atoms. The lowest BCUT2D eigenvalue weighted by Gasteiger charge is -2.32. The molecule has 168 valence electrons. The van der Waals surface area contributed by atoms with Crippen LogP contribution in [0.15, 0.2) is 35.2 Å². The third-order valence-corrected chi connectivity index (χ3v) is 6.91. The Bertz CT molecular complexity index is 996. The van der Waals surface area contributed by atoms with Crippen LogP contribution in [0.2, 0.25) is 0 Å². The van der Waals surface area contributed by atoms with Gasteiger partial charge in [-0.05, 0) is 5.56 Å². The van der Waals surface area contributed by atoms with E-state index in [0.717, 1.165) is 0 Å². The lowest BCUT2D eigenvalue weighted by atomic mass is 10.2. The first-order valence-corrected chi connectivity index (χ1v) is 11.7. The molecule has 0 amide bonds. The number of benzene rings is 1. The van der Waals surface area contributed by atoms with Crippen molar-refractivity contribution in [3.05, 3.63) is 41.6 Å². The summed E-state index contributed by atoms with van der Waals surface area (Å²) < 4.78 is 65.7. The quantitative estimate of drug-likeness (QED) is 0.656. The summed E-state index contributed by atoms with van der Waals surface area (Å²) in [7, 11) is -4.15. The molecule has 0 N–H and O–H groups in total. The van der Waals surface area contributed by atoms with Gasteiger partial charge in [0.2, 0.25) is 5.95 Å². The lowest BCUT2D eigenvalue weighted by molar-refractivity contribution is 0.120. The average Bonchev–Trinajstić information content (AvgIpc) is 2.79. The smallest absolute Gasteiger partial charge is 0.281 e. The Kier molecular flexibility index (Phi) is 6.63. The molecular weight excluding hydrogens is 430 g/mol. The Labute approximate surface area is 179 Å². The zero-order chi connectivity index (χ0) is 21.8. The van der Waals surface area contributed by atoms with Crippen LogP contribution in [0, 0.1) is 0 Å². The van der Waals surface area contributed by atoms with E-state index < -0.39 is 32.6 Å². The van der Waals surface area contributed by atoms with Gasteiger partial charge < -0.3 is 19.3 Å². The van der Waals surface area contributed by atoms with Gasteiger partial charge in [0.1, 0.15) is 10.6 Å². The summed E-state index contributed by atoms with van der Waals surface area (Å²) in [6, 6.07) is 8.48. The molecule has 3 heterocycles. The average molecular weight is 454 g/mol. The van der Waals surface area contributed by atoms with E-state index in [1.807, 2.05) is 0 Å². The molecule has 1 aromatic carbocycles. The Morgan fingerprint density at radius 3 is 2.06 bits per heavy atom. The summed E-state index contributed by atoms with van der Waals surface area (Å²) in [5.41, 5.74) is -0.248. The van der Waals surface area contributed by atoms with Gasteiger partial charge in [0, 0.05) is 26.2 Å². The SMILES string of the molecule is O=S(=O)(Cc1ccccc1)c1c(C(F)F)nc(N2CCOCC2)nc1N1CCOCC1. The second-order valence-corrected chi connectivity index (χ2v) is 9.23. The van der Waals surface area contributed by atoms with Crippen molar-refractivity contribution < 1.29 is 26.7 Å². The van der Waals surface area contributed by atoms with Crippen LogP contribution in [-0.2, 0) is 25.1 Å². The van der Waals surface area contributed by atoms with Crippen molar-refractivity contribution in [2.75, 3.05) is 62.4 Å². The fraction of sp³-hybridized carbons (Fsp3) is 0.500. The number of halogens is 2. The fourth-order valence-corrected chi connectivity index (χ4v) is 5.33. The van der Waals surface area contributed by atoms with Gasteiger partial charge in [-0.2, -0.15) is 4.98 Å². The van der Waals surface area contributed by atoms with Crippen LogP contribution in [0.5, 0.6) is 0 Å². The highest BCUT2D eigenvalue weighted by atomic mass is 32.2. The third-order valence-electron chi connectivity index (χ3n) is 5.18. The third kappa shape index (κ3) is 4.94. The normalized spacial score (nSPS) is 17.9. The number of ether oxygens (including phenoxy) is 2. The summed E-state index contributed by atoms with van der Waals surface area (Å²) in [6.45, 7) is 3.18. The van der Waals surface area contributed by atoms with E-state index >= 15 is 0 Å². The van der Waals surface area contributed by atoms with Gasteiger partial charge in [0.05, 0.1) is 32.2 Å². The van der Waals surface area contributed by atoms with Crippen molar-refractivity contribution in [2.45, 2.75) is 17.1 Å². The molecule has 0 unspecified atom stereocenters. The van der Waals surface area contributed by atoms with Crippen molar-refractivity contribution in [1.82, 2.24) is 9.97 Å². The maximum atomic E-state index is 14.1. The number of anilines is 2. The maximum Gasteiger partial charge on any atom is 0.281 e. The number of hydrogen-bond donors (Lipinski definition) is 0. The summed E-state index contributed by atoms with van der Waals surface area (Å²) in [5.74, 6) is -0.296. The monoisotopic (exact) mass is 454 g/mol. The van der Waals surface area contributed by atoms with E-state index in [2.05, 4.69) is 9.97 Å². The minimum absolute atomic E-state index is 0.0195. The summed E-state index contributed by atoms with van der Waals surface area (Å²) in [4.78, 5) is 11.5. The summed E-state index contributed by atoms with van der Waals surface area (Å²) in [6.07, 6.45) is -3.07. The van der Waals surface area contributed by atoms with Gasteiger partial charge in [0.15, 0.2) is 15.7 Å². The number of morpholine rings is 2. The van der Waals surface area contributed by atoms with Crippen molar-refractivity contribution in [3.8, 4) is 0 Å². The van der Waals surface area contributed by atoms with Gasteiger partial charge >= 0.3 is 0 Å². The van der Waals surface area contributed by atoms with Crippen LogP contribution in [0.1, 0.15) is 17.7 Å². The van der Waals surface area contributed by atoms with Crippen LogP contribution in [0.4, 0.5) is 20.5 Å². The van der Waals surface area contributed by atoms with E-state index in [1.54, 1.807) is 40.1 Å². The van der Waals surface area contributed by atoms with Crippen molar-refractivity contribution in [3.63, 3.8) is 0 Å². The number of sulfone groups is 1. The standard InChI is InChI=1S/C20H24F2N4O4S/c21-18(22)16-17(31(27,28)14-15-4-2-1-3-5-15)19(25-6-10-29-11-7-25)24-20(23-16)26-8-12-30-13-9-26/h1-5,18H,6-14H2. The number of rotatable bonds is 6. The molecule has 0 spiro atoms. The Morgan fingerprint density at radius 1 is 0.903 bits per heavy atom. The molecule has 4 rings (SSSR count). The molecule has 1 aromatic heterocycles. The molecule has 2 saturated heterocycles. The molecule has 2 aliphatic rings. The number of alkyl halides is 2. The van der Waals surface area contributed by atoms with Crippen molar-refractivity contribution in [1.29, 1.82) is 0 Å². The second-order valence-electron chi connectivity index (χ2n) is 7.31. The summed E-state index contributed by atoms with van der Waals surface area (Å²) >= 11 is 0. The molecule has 0 saturated carbocycles. The van der Waals surface area contributed by atoms with Gasteiger partial charge in [-0.3, -0.25) is 0 Å². The van der Waals surface area contributed by atoms with E-state index in [1.165, 1.54) is 0 Å². The molecule has 0 radical (unpaired) electrons. The molecule has 2 fully saturated rings. The summed E-state index contributed by atoms with van der Waals surface area (Å²) in [5, 5.41) is 0. The molecule has 0 atom stereocenters. The fourth-order valence-electron chi connectivity index (χ4n) is 3.65. The van der Waals surface area contributed by atoms with Crippen molar-refractivity contribution >= 4 is 21.6 Å². The Morgan fingerprint density at radius 2 is 1.48 bits per heavy atom. The predicted molar refractivity (Wildman–Crippen MR) is 110 cm³/mol. The molecule has 31 heavy (non-hydrogen) atoms. The Balaban J connectivity index is 1.84. The zero-order valence-corrected chi connectivity index (χ0v) is 17.7. The van der Waals surface area contributed by atoms with E-state index in [4.69, 9.17) is 9.47 Å². The number of aromatic nitrogens is 2. The van der Waals surface area contributed by atoms with Crippen LogP contribution in [-0.4, -0.2) is 71.0 Å². The van der Waals surface area contributed by atoms with E-state index in [0.29, 0.717) is 58.2 Å². The topological polar surface area (TPSA) is 84.9 Å². The highest BCUT2D eigenvalue weighted by molar-refractivity contribution is 7.90. The van der Waals surface area contributed by atoms with Gasteiger partial charge in [0.25, 0.3) is 6.43 Å². The minimum atomic E-state index is -4.15. The molecule has 11 heteroatoms. The lowest BCUT2D eigenvalue weighted by Crippen LogP contribution is -2.40. The largest absolute Gasteiger partial charge is 0.378 e.